The van der Waals surface area contributed by atoms with E-state index in [1.165, 1.54) is 13.0 Å². The number of methoxy groups -OCH3 is 1. The van der Waals surface area contributed by atoms with Gasteiger partial charge >= 0.3 is 0 Å². The summed E-state index contributed by atoms with van der Waals surface area (Å²) in [7, 11) is 1.60. The van der Waals surface area contributed by atoms with Crippen molar-refractivity contribution in [1.29, 1.82) is 5.26 Å². The molecule has 0 aliphatic rings. The van der Waals surface area contributed by atoms with E-state index >= 15 is 0 Å². The Hall–Kier alpha value is -7.90. The molecule has 3 N–H and O–H groups in total. The molecule has 3 heterocycles. The Balaban J connectivity index is 0.000000169. The third-order valence-electron chi connectivity index (χ3n) is 8.39. The van der Waals surface area contributed by atoms with Gasteiger partial charge in [-0.25, -0.2) is 0 Å². The number of hydrogen-bond donors (Lipinski definition) is 3. The second kappa shape index (κ2) is 19.3. The second-order valence-electron chi connectivity index (χ2n) is 12.0. The number of pyridine rings is 3. The molecule has 56 heavy (non-hydrogen) atoms. The van der Waals surface area contributed by atoms with Gasteiger partial charge in [-0.05, 0) is 76.7 Å². The average molecular weight is 741 g/mol. The molecule has 0 bridgehead atoms. The van der Waals surface area contributed by atoms with Crippen LogP contribution in [0.1, 0.15) is 38.8 Å². The molecule has 0 aliphatic carbocycles. The van der Waals surface area contributed by atoms with Crippen LogP contribution in [0.25, 0.3) is 39.5 Å². The molecule has 0 unspecified atom stereocenters. The summed E-state index contributed by atoms with van der Waals surface area (Å²) in [6.45, 7) is 1.40. The Kier molecular flexibility index (Phi) is 13.5. The molecule has 0 amide bonds. The average Bonchev–Trinajstić information content (AvgIpc) is 3.24. The van der Waals surface area contributed by atoms with Crippen LogP contribution in [0.15, 0.2) is 173 Å². The minimum atomic E-state index is -0.397. The summed E-state index contributed by atoms with van der Waals surface area (Å²) in [6.07, 6.45) is 7.75. The highest BCUT2D eigenvalue weighted by Gasteiger charge is 2.15. The largest absolute Gasteiger partial charge is 0.497 e. The highest BCUT2D eigenvalue weighted by Crippen LogP contribution is 2.23. The zero-order valence-electron chi connectivity index (χ0n) is 30.5. The van der Waals surface area contributed by atoms with Crippen molar-refractivity contribution in [2.24, 2.45) is 0 Å². The number of Topliss-reactive ketones (excluding diaryl/α,β-unsaturated/α-hetero) is 1. The molecule has 0 atom stereocenters. The van der Waals surface area contributed by atoms with Gasteiger partial charge in [-0.1, -0.05) is 109 Å². The molecule has 0 spiro atoms. The Morgan fingerprint density at radius 2 is 1.00 bits per heavy atom. The first-order valence-electron chi connectivity index (χ1n) is 17.3. The van der Waals surface area contributed by atoms with Crippen molar-refractivity contribution in [2.75, 3.05) is 7.11 Å². The minimum Gasteiger partial charge on any atom is -0.497 e. The molecule has 3 aromatic heterocycles. The SMILES string of the molecule is CC(=O)c1c(-c2ccccc2)cc[nH]c1=O.COc1ccc(/C=C/C(=O)c2c(-c3ccccc3)cc[nH]c2=O)cc1.N#Cc1c(-c2ccccc2)cc[nH]c1=O. The molecule has 0 fully saturated rings. The Morgan fingerprint density at radius 1 is 0.571 bits per heavy atom. The molecule has 10 nitrogen and oxygen atoms in total. The molecule has 0 radical (unpaired) electrons. The van der Waals surface area contributed by atoms with E-state index in [0.29, 0.717) is 16.7 Å². The van der Waals surface area contributed by atoms with Crippen molar-refractivity contribution in [3.63, 3.8) is 0 Å². The smallest absolute Gasteiger partial charge is 0.266 e. The van der Waals surface area contributed by atoms with Gasteiger partial charge in [0, 0.05) is 24.2 Å². The van der Waals surface area contributed by atoms with Gasteiger partial charge in [0.1, 0.15) is 17.4 Å². The number of nitriles is 1. The molecule has 4 aromatic carbocycles. The van der Waals surface area contributed by atoms with Gasteiger partial charge in [0.2, 0.25) is 0 Å². The summed E-state index contributed by atoms with van der Waals surface area (Å²) in [5.41, 5.74) is 4.82. The van der Waals surface area contributed by atoms with Crippen LogP contribution in [-0.2, 0) is 0 Å². The summed E-state index contributed by atoms with van der Waals surface area (Å²) >= 11 is 0. The van der Waals surface area contributed by atoms with E-state index in [0.717, 1.165) is 28.0 Å². The molecule has 0 saturated heterocycles. The number of hydrogen-bond acceptors (Lipinski definition) is 7. The number of nitrogens with one attached hydrogen (secondary N) is 3. The molecular weight excluding hydrogens is 705 g/mol. The fourth-order valence-electron chi connectivity index (χ4n) is 5.69. The van der Waals surface area contributed by atoms with Gasteiger partial charge in [0.05, 0.1) is 18.2 Å². The van der Waals surface area contributed by atoms with E-state index < -0.39 is 5.56 Å². The highest BCUT2D eigenvalue weighted by atomic mass is 16.5. The van der Waals surface area contributed by atoms with Gasteiger partial charge in [-0.2, -0.15) is 5.26 Å². The zero-order chi connectivity index (χ0) is 39.9. The minimum absolute atomic E-state index is 0.137. The van der Waals surface area contributed by atoms with Crippen LogP contribution in [-0.4, -0.2) is 33.6 Å². The standard InChI is InChI=1S/C21H17NO3.C13H11NO2.C12H8N2O/c1-25-17-10-7-15(8-11-17)9-12-19(23)20-18(13-14-22-21(20)24)16-5-3-2-4-6-16;1-9(15)12-11(7-8-14-13(12)16)10-5-3-2-4-6-10;13-8-11-10(6-7-14-12(11)15)9-4-2-1-3-5-9/h2-14H,1H3,(H,22,24);2-8H,1H3,(H,14,16);1-7H,(H,14,15)/b12-9+;;. The van der Waals surface area contributed by atoms with Crippen LogP contribution in [0.5, 0.6) is 5.75 Å². The highest BCUT2D eigenvalue weighted by molar-refractivity contribution is 6.10. The van der Waals surface area contributed by atoms with Crippen LogP contribution in [0.4, 0.5) is 0 Å². The number of allylic oxidation sites excluding steroid dienone is 1. The second-order valence-corrected chi connectivity index (χ2v) is 12.0. The maximum Gasteiger partial charge on any atom is 0.266 e. The number of ketones is 2. The fraction of sp³-hybridized carbons (Fsp3) is 0.0435. The number of benzene rings is 4. The van der Waals surface area contributed by atoms with Crippen LogP contribution in [0, 0.1) is 11.3 Å². The first-order valence-corrected chi connectivity index (χ1v) is 17.3. The third kappa shape index (κ3) is 9.95. The van der Waals surface area contributed by atoms with Crippen LogP contribution in [0.2, 0.25) is 0 Å². The van der Waals surface area contributed by atoms with E-state index in [1.54, 1.807) is 50.0 Å². The predicted molar refractivity (Wildman–Crippen MR) is 219 cm³/mol. The first-order chi connectivity index (χ1) is 27.2. The van der Waals surface area contributed by atoms with Gasteiger partial charge < -0.3 is 19.7 Å². The summed E-state index contributed by atoms with van der Waals surface area (Å²) in [5, 5.41) is 8.89. The van der Waals surface area contributed by atoms with Gasteiger partial charge in [-0.3, -0.25) is 24.0 Å². The monoisotopic (exact) mass is 740 g/mol. The van der Waals surface area contributed by atoms with Gasteiger partial charge in [-0.15, -0.1) is 0 Å². The number of rotatable bonds is 8. The molecular formula is C46H36N4O6. The topological polar surface area (TPSA) is 166 Å². The quantitative estimate of drug-likeness (QED) is 0.105. The van der Waals surface area contributed by atoms with Crippen LogP contribution in [0.3, 0.4) is 0 Å². The molecule has 7 aromatic rings. The van der Waals surface area contributed by atoms with E-state index in [9.17, 15) is 24.0 Å². The maximum atomic E-state index is 12.6. The molecule has 0 saturated carbocycles. The molecule has 10 heteroatoms. The van der Waals surface area contributed by atoms with E-state index in [4.69, 9.17) is 10.00 Å². The van der Waals surface area contributed by atoms with Crippen molar-refractivity contribution >= 4 is 17.6 Å². The maximum absolute atomic E-state index is 12.6. The van der Waals surface area contributed by atoms with Gasteiger partial charge in [0.15, 0.2) is 11.6 Å². The lowest BCUT2D eigenvalue weighted by molar-refractivity contribution is 0.101. The van der Waals surface area contributed by atoms with Crippen molar-refractivity contribution in [3.8, 4) is 45.2 Å². The number of nitrogens with zero attached hydrogens (tertiary/aromatic N) is 1. The summed E-state index contributed by atoms with van der Waals surface area (Å²) in [6, 6.07) is 42.6. The summed E-state index contributed by atoms with van der Waals surface area (Å²) in [5.74, 6) is 0.187. The molecule has 276 valence electrons. The van der Waals surface area contributed by atoms with Crippen LogP contribution < -0.4 is 21.4 Å². The number of aromatic amines is 3. The lowest BCUT2D eigenvalue weighted by Crippen LogP contribution is -2.17. The zero-order valence-corrected chi connectivity index (χ0v) is 30.5. The summed E-state index contributed by atoms with van der Waals surface area (Å²) < 4.78 is 5.11. The number of aromatic nitrogens is 3. The third-order valence-corrected chi connectivity index (χ3v) is 8.39. The van der Waals surface area contributed by atoms with Crippen molar-refractivity contribution < 1.29 is 14.3 Å². The van der Waals surface area contributed by atoms with E-state index in [2.05, 4.69) is 15.0 Å². The first kappa shape index (κ1) is 39.3. The van der Waals surface area contributed by atoms with Crippen molar-refractivity contribution in [2.45, 2.75) is 6.92 Å². The predicted octanol–water partition coefficient (Wildman–Crippen LogP) is 8.10. The number of ether oxygens (including phenoxy) is 1. The van der Waals surface area contributed by atoms with E-state index in [-0.39, 0.29) is 39.4 Å². The van der Waals surface area contributed by atoms with Crippen molar-refractivity contribution in [1.82, 2.24) is 15.0 Å². The molecule has 0 aliphatic heterocycles. The van der Waals surface area contributed by atoms with Crippen molar-refractivity contribution in [3.05, 3.63) is 211 Å². The lowest BCUT2D eigenvalue weighted by Gasteiger charge is -2.06. The van der Waals surface area contributed by atoms with Gasteiger partial charge in [0.25, 0.3) is 16.7 Å². The normalized spacial score (nSPS) is 10.2. The Bertz CT molecular complexity index is 2680. The Morgan fingerprint density at radius 3 is 1.46 bits per heavy atom. The molecule has 7 rings (SSSR count). The number of carbonyl (C=O) groups is 2. The van der Waals surface area contributed by atoms with E-state index in [1.807, 2.05) is 121 Å². The fourth-order valence-corrected chi connectivity index (χ4v) is 5.69. The lowest BCUT2D eigenvalue weighted by atomic mass is 9.98. The number of carbonyl (C=O) groups excluding carboxylic acids is 2. The van der Waals surface area contributed by atoms with Crippen LogP contribution >= 0.6 is 0 Å². The Labute approximate surface area is 322 Å². The number of H-pyrrole nitrogens is 3. The summed E-state index contributed by atoms with van der Waals surface area (Å²) in [4.78, 5) is 66.8.